The Balaban J connectivity index is 2.22. The summed E-state index contributed by atoms with van der Waals surface area (Å²) in [6.07, 6.45) is 1.86. The van der Waals surface area contributed by atoms with Gasteiger partial charge in [0.2, 0.25) is 5.91 Å². The van der Waals surface area contributed by atoms with E-state index in [1.54, 1.807) is 0 Å². The second-order valence-corrected chi connectivity index (χ2v) is 4.02. The average molecular weight is 247 g/mol. The third-order valence-electron chi connectivity index (χ3n) is 2.29. The normalized spacial score (nSPS) is 9.76. The minimum absolute atomic E-state index is 0.0912. The Bertz CT molecular complexity index is 619. The lowest BCUT2D eigenvalue weighted by Gasteiger charge is -1.97. The summed E-state index contributed by atoms with van der Waals surface area (Å²) >= 11 is 6.09. The van der Waals surface area contributed by atoms with Crippen LogP contribution in [0.4, 0.5) is 0 Å². The summed E-state index contributed by atoms with van der Waals surface area (Å²) in [4.78, 5) is 13.7. The number of nitrogens with one attached hydrogen (secondary N) is 2. The van der Waals surface area contributed by atoms with E-state index in [0.29, 0.717) is 11.6 Å². The molecule has 1 aromatic carbocycles. The summed E-state index contributed by atoms with van der Waals surface area (Å²) in [6, 6.07) is 5.74. The first-order valence-electron chi connectivity index (χ1n) is 5.17. The highest BCUT2D eigenvalue weighted by atomic mass is 35.5. The first kappa shape index (κ1) is 11.6. The Hall–Kier alpha value is -1.92. The molecule has 86 valence electrons. The molecule has 0 radical (unpaired) electrons. The molecule has 1 heterocycles. The first-order chi connectivity index (χ1) is 8.16. The molecule has 1 aromatic heterocycles. The third kappa shape index (κ3) is 2.80. The van der Waals surface area contributed by atoms with Crippen LogP contribution in [0.25, 0.3) is 10.9 Å². The van der Waals surface area contributed by atoms with Gasteiger partial charge in [-0.2, -0.15) is 0 Å². The molecule has 17 heavy (non-hydrogen) atoms. The van der Waals surface area contributed by atoms with Gasteiger partial charge in [-0.05, 0) is 18.2 Å². The number of H-pyrrole nitrogens is 1. The molecule has 0 saturated carbocycles. The number of benzene rings is 1. The number of carbonyl (C=O) groups is 1. The highest BCUT2D eigenvalue weighted by molar-refractivity contribution is 6.32. The summed E-state index contributed by atoms with van der Waals surface area (Å²) in [5.74, 6) is 5.70. The molecule has 0 saturated heterocycles. The molecule has 4 heteroatoms. The molecule has 0 aliphatic heterocycles. The van der Waals surface area contributed by atoms with E-state index in [1.165, 1.54) is 6.92 Å². The van der Waals surface area contributed by atoms with Crippen LogP contribution in [-0.4, -0.2) is 17.4 Å². The number of amides is 1. The Morgan fingerprint density at radius 1 is 1.53 bits per heavy atom. The summed E-state index contributed by atoms with van der Waals surface area (Å²) < 4.78 is 0. The van der Waals surface area contributed by atoms with E-state index in [1.807, 2.05) is 24.4 Å². The van der Waals surface area contributed by atoms with Crippen molar-refractivity contribution in [3.63, 3.8) is 0 Å². The number of aromatic nitrogens is 1. The Labute approximate surface area is 104 Å². The molecule has 2 aromatic rings. The zero-order valence-corrected chi connectivity index (χ0v) is 10.1. The number of carbonyl (C=O) groups excluding carboxylic acids is 1. The van der Waals surface area contributed by atoms with Crippen molar-refractivity contribution in [1.29, 1.82) is 0 Å². The van der Waals surface area contributed by atoms with Crippen LogP contribution in [-0.2, 0) is 4.79 Å². The predicted octanol–water partition coefficient (Wildman–Crippen LogP) is 2.31. The highest BCUT2D eigenvalue weighted by Crippen LogP contribution is 2.22. The summed E-state index contributed by atoms with van der Waals surface area (Å²) in [7, 11) is 0. The van der Waals surface area contributed by atoms with Crippen molar-refractivity contribution in [3.8, 4) is 11.8 Å². The lowest BCUT2D eigenvalue weighted by atomic mass is 10.1. The average Bonchev–Trinajstić information content (AvgIpc) is 2.71. The lowest BCUT2D eigenvalue weighted by molar-refractivity contribution is -0.118. The van der Waals surface area contributed by atoms with Crippen molar-refractivity contribution >= 4 is 28.4 Å². The van der Waals surface area contributed by atoms with Crippen molar-refractivity contribution in [2.24, 2.45) is 0 Å². The fourth-order valence-electron chi connectivity index (χ4n) is 1.48. The van der Waals surface area contributed by atoms with Gasteiger partial charge in [0, 0.05) is 29.6 Å². The van der Waals surface area contributed by atoms with Crippen molar-refractivity contribution in [1.82, 2.24) is 10.3 Å². The van der Waals surface area contributed by atoms with E-state index in [4.69, 9.17) is 11.6 Å². The van der Waals surface area contributed by atoms with Crippen LogP contribution in [0.2, 0.25) is 5.02 Å². The van der Waals surface area contributed by atoms with Crippen molar-refractivity contribution in [2.45, 2.75) is 6.92 Å². The van der Waals surface area contributed by atoms with Crippen LogP contribution in [0.1, 0.15) is 12.5 Å². The maximum Gasteiger partial charge on any atom is 0.217 e. The number of hydrogen-bond donors (Lipinski definition) is 2. The number of aromatic amines is 1. The summed E-state index contributed by atoms with van der Waals surface area (Å²) in [5.41, 5.74) is 1.76. The van der Waals surface area contributed by atoms with E-state index in [2.05, 4.69) is 22.1 Å². The largest absolute Gasteiger partial charge is 0.361 e. The van der Waals surface area contributed by atoms with Crippen LogP contribution in [0.15, 0.2) is 24.4 Å². The highest BCUT2D eigenvalue weighted by Gasteiger charge is 2.01. The Morgan fingerprint density at radius 2 is 2.35 bits per heavy atom. The topological polar surface area (TPSA) is 44.9 Å². The van der Waals surface area contributed by atoms with Crippen LogP contribution in [0, 0.1) is 11.8 Å². The molecular formula is C13H11ClN2O. The number of fused-ring (bicyclic) bond motifs is 1. The maximum atomic E-state index is 10.7. The van der Waals surface area contributed by atoms with Crippen LogP contribution in [0.3, 0.4) is 0 Å². The molecule has 2 rings (SSSR count). The van der Waals surface area contributed by atoms with Gasteiger partial charge in [-0.3, -0.25) is 4.79 Å². The van der Waals surface area contributed by atoms with E-state index in [-0.39, 0.29) is 5.91 Å². The number of rotatable bonds is 1. The molecule has 1 amide bonds. The van der Waals surface area contributed by atoms with Crippen molar-refractivity contribution < 1.29 is 4.79 Å². The molecule has 2 N–H and O–H groups in total. The monoisotopic (exact) mass is 246 g/mol. The third-order valence-corrected chi connectivity index (χ3v) is 2.60. The molecule has 3 nitrogen and oxygen atoms in total. The zero-order chi connectivity index (χ0) is 12.3. The van der Waals surface area contributed by atoms with Gasteiger partial charge in [-0.1, -0.05) is 23.4 Å². The molecule has 0 aliphatic rings. The van der Waals surface area contributed by atoms with Gasteiger partial charge in [-0.15, -0.1) is 0 Å². The standard InChI is InChI=1S/C13H11ClN2O/c1-9(17)15-5-2-3-10-7-11-4-6-16-13(11)8-12(10)14/h4,6-8,16H,5H2,1H3,(H,15,17). The van der Waals surface area contributed by atoms with Crippen molar-refractivity contribution in [2.75, 3.05) is 6.54 Å². The van der Waals surface area contributed by atoms with E-state index in [0.717, 1.165) is 16.5 Å². The smallest absolute Gasteiger partial charge is 0.217 e. The molecule has 0 bridgehead atoms. The second kappa shape index (κ2) is 4.94. The van der Waals surface area contributed by atoms with Crippen LogP contribution < -0.4 is 5.32 Å². The predicted molar refractivity (Wildman–Crippen MR) is 68.9 cm³/mol. The van der Waals surface area contributed by atoms with Crippen molar-refractivity contribution in [3.05, 3.63) is 35.0 Å². The van der Waals surface area contributed by atoms with E-state index < -0.39 is 0 Å². The fraction of sp³-hybridized carbons (Fsp3) is 0.154. The lowest BCUT2D eigenvalue weighted by Crippen LogP contribution is -2.19. The molecule has 0 atom stereocenters. The number of halogens is 1. The SMILES string of the molecule is CC(=O)NCC#Cc1cc2cc[nH]c2cc1Cl. The maximum absolute atomic E-state index is 10.7. The minimum Gasteiger partial charge on any atom is -0.361 e. The first-order valence-corrected chi connectivity index (χ1v) is 5.54. The van der Waals surface area contributed by atoms with Gasteiger partial charge >= 0.3 is 0 Å². The molecule has 0 spiro atoms. The van der Waals surface area contributed by atoms with Crippen LogP contribution in [0.5, 0.6) is 0 Å². The molecule has 0 aliphatic carbocycles. The molecule has 0 fully saturated rings. The Morgan fingerprint density at radius 3 is 3.12 bits per heavy atom. The fourth-order valence-corrected chi connectivity index (χ4v) is 1.69. The van der Waals surface area contributed by atoms with Gasteiger partial charge < -0.3 is 10.3 Å². The second-order valence-electron chi connectivity index (χ2n) is 3.61. The van der Waals surface area contributed by atoms with Gasteiger partial charge in [0.15, 0.2) is 0 Å². The molecular weight excluding hydrogens is 236 g/mol. The summed E-state index contributed by atoms with van der Waals surface area (Å²) in [6.45, 7) is 1.79. The zero-order valence-electron chi connectivity index (χ0n) is 9.30. The summed E-state index contributed by atoms with van der Waals surface area (Å²) in [5, 5.41) is 4.28. The Kier molecular flexibility index (Phi) is 3.36. The van der Waals surface area contributed by atoms with Gasteiger partial charge in [0.25, 0.3) is 0 Å². The minimum atomic E-state index is -0.0912. The van der Waals surface area contributed by atoms with Crippen LogP contribution >= 0.6 is 11.6 Å². The quantitative estimate of drug-likeness (QED) is 0.746. The molecule has 0 unspecified atom stereocenters. The van der Waals surface area contributed by atoms with Gasteiger partial charge in [0.05, 0.1) is 11.6 Å². The number of hydrogen-bond acceptors (Lipinski definition) is 1. The van der Waals surface area contributed by atoms with E-state index >= 15 is 0 Å². The van der Waals surface area contributed by atoms with E-state index in [9.17, 15) is 4.79 Å². The van der Waals surface area contributed by atoms with Gasteiger partial charge in [0.1, 0.15) is 0 Å². The van der Waals surface area contributed by atoms with Gasteiger partial charge in [-0.25, -0.2) is 0 Å².